The number of hydrogen-bond donors (Lipinski definition) is 2. The van der Waals surface area contributed by atoms with Crippen LogP contribution in [0.3, 0.4) is 0 Å². The van der Waals surface area contributed by atoms with Crippen LogP contribution in [0.4, 0.5) is 5.82 Å². The fourth-order valence-corrected chi connectivity index (χ4v) is 2.92. The SMILES string of the molecule is N#Cc1c(C(=O)c2ccccc2)nn(-c2ccc(S(N)(=O)=O)cc2)c1N. The number of carbonyl (C=O) groups is 1. The standard InChI is InChI=1S/C17H13N5O3S/c18-10-14-15(16(23)11-4-2-1-3-5-11)21-22(17(14)19)12-6-8-13(9-7-12)26(20,24)25/h1-9H,19H2,(H2,20,24,25). The van der Waals surface area contributed by atoms with Gasteiger partial charge in [0.2, 0.25) is 15.8 Å². The lowest BCUT2D eigenvalue weighted by Gasteiger charge is -2.05. The second-order valence-corrected chi connectivity index (χ2v) is 6.93. The van der Waals surface area contributed by atoms with Crippen molar-refractivity contribution < 1.29 is 13.2 Å². The maximum atomic E-state index is 12.6. The van der Waals surface area contributed by atoms with Crippen LogP contribution in [0, 0.1) is 11.3 Å². The Kier molecular flexibility index (Phi) is 4.29. The molecule has 1 heterocycles. The monoisotopic (exact) mass is 367 g/mol. The molecule has 0 aliphatic heterocycles. The van der Waals surface area contributed by atoms with Crippen LogP contribution in [0.1, 0.15) is 21.6 Å². The number of nitrogens with zero attached hydrogens (tertiary/aromatic N) is 3. The molecule has 0 bridgehead atoms. The number of rotatable bonds is 4. The van der Waals surface area contributed by atoms with E-state index >= 15 is 0 Å². The highest BCUT2D eigenvalue weighted by molar-refractivity contribution is 7.89. The first-order valence-electron chi connectivity index (χ1n) is 7.34. The van der Waals surface area contributed by atoms with Gasteiger partial charge < -0.3 is 5.73 Å². The van der Waals surface area contributed by atoms with Gasteiger partial charge in [0, 0.05) is 5.56 Å². The van der Waals surface area contributed by atoms with Gasteiger partial charge in [-0.25, -0.2) is 18.2 Å². The van der Waals surface area contributed by atoms with E-state index in [0.717, 1.165) is 0 Å². The normalized spacial score (nSPS) is 11.1. The number of nitrogen functional groups attached to an aromatic ring is 1. The molecule has 1 aromatic heterocycles. The lowest BCUT2D eigenvalue weighted by molar-refractivity contribution is 0.103. The minimum absolute atomic E-state index is 0.0184. The van der Waals surface area contributed by atoms with Crippen molar-refractivity contribution in [2.75, 3.05) is 5.73 Å². The molecule has 26 heavy (non-hydrogen) atoms. The van der Waals surface area contributed by atoms with Crippen molar-refractivity contribution in [3.05, 3.63) is 71.4 Å². The van der Waals surface area contributed by atoms with E-state index in [1.54, 1.807) is 30.3 Å². The number of anilines is 1. The van der Waals surface area contributed by atoms with E-state index in [1.807, 2.05) is 6.07 Å². The highest BCUT2D eigenvalue weighted by Crippen LogP contribution is 2.23. The summed E-state index contributed by atoms with van der Waals surface area (Å²) in [4.78, 5) is 12.6. The van der Waals surface area contributed by atoms with Crippen LogP contribution < -0.4 is 10.9 Å². The summed E-state index contributed by atoms with van der Waals surface area (Å²) in [6.45, 7) is 0. The van der Waals surface area contributed by atoms with Crippen molar-refractivity contribution in [2.24, 2.45) is 5.14 Å². The topological polar surface area (TPSA) is 145 Å². The van der Waals surface area contributed by atoms with E-state index in [2.05, 4.69) is 5.10 Å². The summed E-state index contributed by atoms with van der Waals surface area (Å²) in [7, 11) is -3.84. The maximum Gasteiger partial charge on any atom is 0.238 e. The molecule has 0 aliphatic rings. The van der Waals surface area contributed by atoms with Gasteiger partial charge in [0.25, 0.3) is 0 Å². The van der Waals surface area contributed by atoms with Gasteiger partial charge >= 0.3 is 0 Å². The quantitative estimate of drug-likeness (QED) is 0.663. The molecule has 0 spiro atoms. The van der Waals surface area contributed by atoms with E-state index in [9.17, 15) is 18.5 Å². The number of primary sulfonamides is 1. The largest absolute Gasteiger partial charge is 0.382 e. The zero-order valence-corrected chi connectivity index (χ0v) is 14.1. The molecule has 0 saturated heterocycles. The van der Waals surface area contributed by atoms with E-state index < -0.39 is 15.8 Å². The Morgan fingerprint density at radius 2 is 1.69 bits per heavy atom. The fraction of sp³-hybridized carbons (Fsp3) is 0. The van der Waals surface area contributed by atoms with Gasteiger partial charge in [0.15, 0.2) is 5.69 Å². The molecule has 3 aromatic rings. The number of ketones is 1. The Labute approximate surface area is 149 Å². The third-order valence-electron chi connectivity index (χ3n) is 3.69. The number of hydrogen-bond acceptors (Lipinski definition) is 6. The van der Waals surface area contributed by atoms with Crippen LogP contribution in [0.25, 0.3) is 5.69 Å². The molecule has 130 valence electrons. The zero-order valence-electron chi connectivity index (χ0n) is 13.3. The van der Waals surface area contributed by atoms with Crippen molar-refractivity contribution in [1.82, 2.24) is 9.78 Å². The molecule has 2 aromatic carbocycles. The molecular weight excluding hydrogens is 354 g/mol. The highest BCUT2D eigenvalue weighted by Gasteiger charge is 2.23. The van der Waals surface area contributed by atoms with E-state index in [-0.39, 0.29) is 22.0 Å². The lowest BCUT2D eigenvalue weighted by Crippen LogP contribution is -2.12. The lowest BCUT2D eigenvalue weighted by atomic mass is 10.1. The molecule has 0 fully saturated rings. The third-order valence-corrected chi connectivity index (χ3v) is 4.62. The van der Waals surface area contributed by atoms with Crippen molar-refractivity contribution in [1.29, 1.82) is 5.26 Å². The van der Waals surface area contributed by atoms with Gasteiger partial charge in [0.1, 0.15) is 17.5 Å². The first-order valence-corrected chi connectivity index (χ1v) is 8.89. The van der Waals surface area contributed by atoms with Crippen molar-refractivity contribution in [3.63, 3.8) is 0 Å². The van der Waals surface area contributed by atoms with Crippen molar-refractivity contribution >= 4 is 21.6 Å². The molecule has 0 radical (unpaired) electrons. The van der Waals surface area contributed by atoms with E-state index in [1.165, 1.54) is 28.9 Å². The molecule has 9 heteroatoms. The molecule has 3 rings (SSSR count). The van der Waals surface area contributed by atoms with Crippen LogP contribution in [-0.4, -0.2) is 24.0 Å². The number of sulfonamides is 1. The van der Waals surface area contributed by atoms with E-state index in [0.29, 0.717) is 11.3 Å². The Hall–Kier alpha value is -3.48. The predicted octanol–water partition coefficient (Wildman–Crippen LogP) is 1.20. The third kappa shape index (κ3) is 3.06. The molecule has 0 aliphatic carbocycles. The van der Waals surface area contributed by atoms with Crippen LogP contribution in [0.2, 0.25) is 0 Å². The summed E-state index contributed by atoms with van der Waals surface area (Å²) in [5, 5.41) is 18.6. The van der Waals surface area contributed by atoms with Crippen LogP contribution >= 0.6 is 0 Å². The Bertz CT molecular complexity index is 1130. The van der Waals surface area contributed by atoms with Crippen LogP contribution in [0.15, 0.2) is 59.5 Å². The summed E-state index contributed by atoms with van der Waals surface area (Å²) in [5.41, 5.74) is 6.61. The minimum Gasteiger partial charge on any atom is -0.382 e. The molecule has 4 N–H and O–H groups in total. The average Bonchev–Trinajstić information content (AvgIpc) is 2.97. The molecule has 0 amide bonds. The van der Waals surface area contributed by atoms with E-state index in [4.69, 9.17) is 10.9 Å². The summed E-state index contributed by atoms with van der Waals surface area (Å²) < 4.78 is 23.9. The second kappa shape index (κ2) is 6.44. The smallest absolute Gasteiger partial charge is 0.238 e. The minimum atomic E-state index is -3.84. The summed E-state index contributed by atoms with van der Waals surface area (Å²) in [6, 6.07) is 15.7. The van der Waals surface area contributed by atoms with Gasteiger partial charge in [0.05, 0.1) is 10.6 Å². The summed E-state index contributed by atoms with van der Waals surface area (Å²) in [5.74, 6) is -0.455. The number of benzene rings is 2. The van der Waals surface area contributed by atoms with Crippen molar-refractivity contribution in [3.8, 4) is 11.8 Å². The highest BCUT2D eigenvalue weighted by atomic mass is 32.2. The maximum absolute atomic E-state index is 12.6. The Balaban J connectivity index is 2.09. The Morgan fingerprint density at radius 1 is 1.08 bits per heavy atom. The van der Waals surface area contributed by atoms with Crippen LogP contribution in [0.5, 0.6) is 0 Å². The summed E-state index contributed by atoms with van der Waals surface area (Å²) >= 11 is 0. The molecule has 0 atom stereocenters. The number of nitriles is 1. The second-order valence-electron chi connectivity index (χ2n) is 5.37. The fourth-order valence-electron chi connectivity index (χ4n) is 2.40. The number of carbonyl (C=O) groups excluding carboxylic acids is 1. The van der Waals surface area contributed by atoms with Gasteiger partial charge in [-0.15, -0.1) is 0 Å². The average molecular weight is 367 g/mol. The molecule has 0 unspecified atom stereocenters. The van der Waals surface area contributed by atoms with Gasteiger partial charge in [-0.1, -0.05) is 30.3 Å². The van der Waals surface area contributed by atoms with Gasteiger partial charge in [-0.05, 0) is 24.3 Å². The number of aromatic nitrogens is 2. The van der Waals surface area contributed by atoms with Gasteiger partial charge in [-0.2, -0.15) is 10.4 Å². The molecule has 0 saturated carbocycles. The van der Waals surface area contributed by atoms with Crippen molar-refractivity contribution in [2.45, 2.75) is 4.90 Å². The number of nitrogens with two attached hydrogens (primary N) is 2. The summed E-state index contributed by atoms with van der Waals surface area (Å²) in [6.07, 6.45) is 0. The van der Waals surface area contributed by atoms with Gasteiger partial charge in [-0.3, -0.25) is 4.79 Å². The zero-order chi connectivity index (χ0) is 18.9. The first-order chi connectivity index (χ1) is 12.3. The Morgan fingerprint density at radius 3 is 2.23 bits per heavy atom. The first kappa shape index (κ1) is 17.3. The predicted molar refractivity (Wildman–Crippen MR) is 93.9 cm³/mol. The van der Waals surface area contributed by atoms with Crippen LogP contribution in [-0.2, 0) is 10.0 Å². The molecular formula is C17H13N5O3S. The molecule has 8 nitrogen and oxygen atoms in total.